The van der Waals surface area contributed by atoms with Crippen LogP contribution in [0.4, 0.5) is 5.82 Å². The number of piperazine rings is 1. The molecule has 0 aromatic carbocycles. The molecular weight excluding hydrogens is 342 g/mol. The van der Waals surface area contributed by atoms with Crippen molar-refractivity contribution in [2.24, 2.45) is 0 Å². The summed E-state index contributed by atoms with van der Waals surface area (Å²) in [4.78, 5) is 27.8. The third kappa shape index (κ3) is 4.22. The standard InChI is InChI=1S/C17H24ClN5O2/c18-14-11-15(20-17(19-14)13-1-2-13)22-5-3-21(4-6-22)12-16(24)23-7-9-25-10-8-23/h11,13H,1-10,12H2. The molecule has 1 saturated carbocycles. The van der Waals surface area contributed by atoms with Gasteiger partial charge in [-0.05, 0) is 12.8 Å². The molecule has 3 aliphatic rings. The maximum absolute atomic E-state index is 12.4. The molecule has 2 aliphatic heterocycles. The Kier molecular flexibility index (Phi) is 5.05. The molecule has 25 heavy (non-hydrogen) atoms. The minimum absolute atomic E-state index is 0.206. The number of anilines is 1. The highest BCUT2D eigenvalue weighted by atomic mass is 35.5. The number of nitrogens with zero attached hydrogens (tertiary/aromatic N) is 5. The highest BCUT2D eigenvalue weighted by molar-refractivity contribution is 6.29. The Bertz CT molecular complexity index is 625. The van der Waals surface area contributed by atoms with Gasteiger partial charge < -0.3 is 14.5 Å². The zero-order valence-electron chi connectivity index (χ0n) is 14.4. The van der Waals surface area contributed by atoms with Gasteiger partial charge in [-0.15, -0.1) is 0 Å². The summed E-state index contributed by atoms with van der Waals surface area (Å²) in [6.07, 6.45) is 2.33. The van der Waals surface area contributed by atoms with Gasteiger partial charge in [-0.1, -0.05) is 11.6 Å². The van der Waals surface area contributed by atoms with Crippen molar-refractivity contribution in [2.75, 3.05) is 63.9 Å². The van der Waals surface area contributed by atoms with E-state index < -0.39 is 0 Å². The first kappa shape index (κ1) is 17.0. The number of carbonyl (C=O) groups excluding carboxylic acids is 1. The summed E-state index contributed by atoms with van der Waals surface area (Å²) < 4.78 is 5.31. The van der Waals surface area contributed by atoms with Crippen LogP contribution in [0, 0.1) is 0 Å². The van der Waals surface area contributed by atoms with E-state index in [1.165, 1.54) is 0 Å². The van der Waals surface area contributed by atoms with E-state index in [1.807, 2.05) is 11.0 Å². The fourth-order valence-electron chi connectivity index (χ4n) is 3.35. The second-order valence-electron chi connectivity index (χ2n) is 6.94. The molecule has 3 fully saturated rings. The molecule has 0 unspecified atom stereocenters. The average Bonchev–Trinajstić information content (AvgIpc) is 3.48. The minimum atomic E-state index is 0.206. The number of morpholine rings is 1. The molecule has 1 aromatic rings. The summed E-state index contributed by atoms with van der Waals surface area (Å²) in [6.45, 7) is 6.64. The van der Waals surface area contributed by atoms with Crippen LogP contribution in [-0.2, 0) is 9.53 Å². The SMILES string of the molecule is O=C(CN1CCN(c2cc(Cl)nc(C3CC3)n2)CC1)N1CCOCC1. The summed E-state index contributed by atoms with van der Waals surface area (Å²) in [6, 6.07) is 1.85. The van der Waals surface area contributed by atoms with Gasteiger partial charge in [0.05, 0.1) is 19.8 Å². The Balaban J connectivity index is 1.31. The molecule has 2 saturated heterocycles. The summed E-state index contributed by atoms with van der Waals surface area (Å²) in [5.41, 5.74) is 0. The van der Waals surface area contributed by atoms with Crippen LogP contribution >= 0.6 is 11.6 Å². The van der Waals surface area contributed by atoms with Gasteiger partial charge >= 0.3 is 0 Å². The molecule has 1 amide bonds. The van der Waals surface area contributed by atoms with Crippen LogP contribution in [0.1, 0.15) is 24.6 Å². The number of amides is 1. The van der Waals surface area contributed by atoms with Crippen LogP contribution in [0.15, 0.2) is 6.07 Å². The maximum Gasteiger partial charge on any atom is 0.236 e. The van der Waals surface area contributed by atoms with Gasteiger partial charge in [-0.2, -0.15) is 0 Å². The van der Waals surface area contributed by atoms with Crippen molar-refractivity contribution in [3.05, 3.63) is 17.0 Å². The Labute approximate surface area is 152 Å². The number of rotatable bonds is 4. The van der Waals surface area contributed by atoms with Crippen LogP contribution in [-0.4, -0.2) is 84.7 Å². The van der Waals surface area contributed by atoms with Gasteiger partial charge in [0.2, 0.25) is 5.91 Å². The minimum Gasteiger partial charge on any atom is -0.378 e. The number of halogens is 1. The molecule has 0 N–H and O–H groups in total. The molecule has 4 rings (SSSR count). The molecule has 7 nitrogen and oxygen atoms in total. The largest absolute Gasteiger partial charge is 0.378 e. The lowest BCUT2D eigenvalue weighted by atomic mass is 10.3. The molecule has 1 aromatic heterocycles. The second-order valence-corrected chi connectivity index (χ2v) is 7.32. The van der Waals surface area contributed by atoms with Gasteiger partial charge in [0, 0.05) is 51.3 Å². The molecule has 0 radical (unpaired) electrons. The molecular formula is C17H24ClN5O2. The zero-order chi connectivity index (χ0) is 17.2. The Morgan fingerprint density at radius 1 is 1.12 bits per heavy atom. The Hall–Kier alpha value is -1.44. The molecule has 136 valence electrons. The van der Waals surface area contributed by atoms with E-state index in [4.69, 9.17) is 21.3 Å². The fraction of sp³-hybridized carbons (Fsp3) is 0.706. The van der Waals surface area contributed by atoms with E-state index in [0.29, 0.717) is 43.9 Å². The first-order valence-electron chi connectivity index (χ1n) is 9.06. The normalized spacial score (nSPS) is 22.3. The number of ether oxygens (including phenoxy) is 1. The van der Waals surface area contributed by atoms with Crippen LogP contribution in [0.25, 0.3) is 0 Å². The topological polar surface area (TPSA) is 61.8 Å². The quantitative estimate of drug-likeness (QED) is 0.741. The second kappa shape index (κ2) is 7.43. The van der Waals surface area contributed by atoms with Crippen molar-refractivity contribution in [3.63, 3.8) is 0 Å². The van der Waals surface area contributed by atoms with E-state index in [0.717, 1.165) is 50.7 Å². The van der Waals surface area contributed by atoms with Gasteiger partial charge in [-0.25, -0.2) is 9.97 Å². The number of hydrogen-bond acceptors (Lipinski definition) is 6. The summed E-state index contributed by atoms with van der Waals surface area (Å²) in [5.74, 6) is 2.50. The average molecular weight is 366 g/mol. The molecule has 3 heterocycles. The van der Waals surface area contributed by atoms with Gasteiger partial charge in [-0.3, -0.25) is 9.69 Å². The number of hydrogen-bond donors (Lipinski definition) is 0. The third-order valence-electron chi connectivity index (χ3n) is 5.06. The van der Waals surface area contributed by atoms with E-state index in [1.54, 1.807) is 0 Å². The molecule has 1 aliphatic carbocycles. The van der Waals surface area contributed by atoms with Crippen LogP contribution in [0.5, 0.6) is 0 Å². The smallest absolute Gasteiger partial charge is 0.236 e. The van der Waals surface area contributed by atoms with Crippen molar-refractivity contribution in [1.29, 1.82) is 0 Å². The van der Waals surface area contributed by atoms with Crippen molar-refractivity contribution >= 4 is 23.3 Å². The number of aromatic nitrogens is 2. The van der Waals surface area contributed by atoms with E-state index in [2.05, 4.69) is 14.8 Å². The van der Waals surface area contributed by atoms with E-state index in [9.17, 15) is 4.79 Å². The Morgan fingerprint density at radius 3 is 2.52 bits per heavy atom. The van der Waals surface area contributed by atoms with Crippen LogP contribution in [0.2, 0.25) is 5.15 Å². The van der Waals surface area contributed by atoms with Crippen molar-refractivity contribution in [1.82, 2.24) is 19.8 Å². The van der Waals surface area contributed by atoms with Crippen molar-refractivity contribution in [3.8, 4) is 0 Å². The molecule has 0 atom stereocenters. The lowest BCUT2D eigenvalue weighted by molar-refractivity contribution is -0.136. The van der Waals surface area contributed by atoms with Gasteiger partial charge in [0.1, 0.15) is 16.8 Å². The first-order valence-corrected chi connectivity index (χ1v) is 9.44. The van der Waals surface area contributed by atoms with Crippen molar-refractivity contribution < 1.29 is 9.53 Å². The monoisotopic (exact) mass is 365 g/mol. The summed E-state index contributed by atoms with van der Waals surface area (Å²) >= 11 is 6.18. The third-order valence-corrected chi connectivity index (χ3v) is 5.25. The lowest BCUT2D eigenvalue weighted by Crippen LogP contribution is -2.51. The lowest BCUT2D eigenvalue weighted by Gasteiger charge is -2.36. The molecule has 0 spiro atoms. The summed E-state index contributed by atoms with van der Waals surface area (Å²) in [7, 11) is 0. The van der Waals surface area contributed by atoms with Crippen LogP contribution in [0.3, 0.4) is 0 Å². The fourth-order valence-corrected chi connectivity index (χ4v) is 3.53. The van der Waals surface area contributed by atoms with E-state index >= 15 is 0 Å². The maximum atomic E-state index is 12.4. The summed E-state index contributed by atoms with van der Waals surface area (Å²) in [5, 5.41) is 0.525. The van der Waals surface area contributed by atoms with Crippen molar-refractivity contribution in [2.45, 2.75) is 18.8 Å². The van der Waals surface area contributed by atoms with Gasteiger partial charge in [0.15, 0.2) is 0 Å². The van der Waals surface area contributed by atoms with Gasteiger partial charge in [0.25, 0.3) is 0 Å². The molecule has 0 bridgehead atoms. The molecule has 8 heteroatoms. The number of carbonyl (C=O) groups is 1. The Morgan fingerprint density at radius 2 is 1.84 bits per heavy atom. The predicted octanol–water partition coefficient (Wildman–Crippen LogP) is 0.988. The zero-order valence-corrected chi connectivity index (χ0v) is 15.1. The predicted molar refractivity (Wildman–Crippen MR) is 95.1 cm³/mol. The van der Waals surface area contributed by atoms with Crippen LogP contribution < -0.4 is 4.90 Å². The first-order chi connectivity index (χ1) is 12.2. The highest BCUT2D eigenvalue weighted by Gasteiger charge is 2.29. The van der Waals surface area contributed by atoms with E-state index in [-0.39, 0.29) is 5.91 Å². The highest BCUT2D eigenvalue weighted by Crippen LogP contribution is 2.39.